The first-order valence-electron chi connectivity index (χ1n) is 7.70. The maximum absolute atomic E-state index is 3.81. The molecule has 3 atom stereocenters. The molecule has 0 bridgehead atoms. The molecule has 0 radical (unpaired) electrons. The molecular weight excluding hydrogens is 220 g/mol. The highest BCUT2D eigenvalue weighted by Gasteiger charge is 2.37. The van der Waals surface area contributed by atoms with Crippen molar-refractivity contribution in [1.29, 1.82) is 0 Å². The maximum atomic E-state index is 3.81. The molecule has 3 unspecified atom stereocenters. The molecule has 0 fully saturated rings. The van der Waals surface area contributed by atoms with Crippen molar-refractivity contribution in [2.75, 3.05) is 20.6 Å². The van der Waals surface area contributed by atoms with Gasteiger partial charge in [0.15, 0.2) is 0 Å². The topological polar surface area (TPSA) is 15.3 Å². The van der Waals surface area contributed by atoms with E-state index in [1.165, 1.54) is 19.3 Å². The highest BCUT2D eigenvalue weighted by Crippen LogP contribution is 2.29. The lowest BCUT2D eigenvalue weighted by Crippen LogP contribution is -2.59. The SMILES string of the molecule is CCCNC(C(C)CC(C)C)C(C)(CC)N(C)C. The minimum absolute atomic E-state index is 0.240. The predicted octanol–water partition coefficient (Wildman–Crippen LogP) is 3.77. The van der Waals surface area contributed by atoms with Gasteiger partial charge in [-0.15, -0.1) is 0 Å². The van der Waals surface area contributed by atoms with Crippen LogP contribution in [0.2, 0.25) is 0 Å². The number of hydrogen-bond donors (Lipinski definition) is 1. The molecule has 0 aliphatic heterocycles. The lowest BCUT2D eigenvalue weighted by molar-refractivity contribution is 0.0787. The average molecular weight is 256 g/mol. The molecule has 0 aromatic heterocycles. The maximum Gasteiger partial charge on any atom is 0.0328 e. The second-order valence-corrected chi connectivity index (χ2v) is 6.64. The van der Waals surface area contributed by atoms with Crippen molar-refractivity contribution in [1.82, 2.24) is 10.2 Å². The molecule has 0 rings (SSSR count). The van der Waals surface area contributed by atoms with Gasteiger partial charge < -0.3 is 10.2 Å². The van der Waals surface area contributed by atoms with Crippen LogP contribution in [0.5, 0.6) is 0 Å². The van der Waals surface area contributed by atoms with Gasteiger partial charge in [-0.05, 0) is 58.7 Å². The second-order valence-electron chi connectivity index (χ2n) is 6.64. The third-order valence-corrected chi connectivity index (χ3v) is 4.43. The first-order valence-corrected chi connectivity index (χ1v) is 7.70. The average Bonchev–Trinajstić information content (AvgIpc) is 2.27. The summed E-state index contributed by atoms with van der Waals surface area (Å²) in [6.45, 7) is 15.1. The van der Waals surface area contributed by atoms with Crippen molar-refractivity contribution < 1.29 is 0 Å². The van der Waals surface area contributed by atoms with Crippen LogP contribution >= 0.6 is 0 Å². The third kappa shape index (κ3) is 4.89. The van der Waals surface area contributed by atoms with E-state index in [2.05, 4.69) is 65.9 Å². The zero-order valence-corrected chi connectivity index (χ0v) is 14.0. The summed E-state index contributed by atoms with van der Waals surface area (Å²) in [7, 11) is 4.43. The number of nitrogens with zero attached hydrogens (tertiary/aromatic N) is 1. The largest absolute Gasteiger partial charge is 0.312 e. The van der Waals surface area contributed by atoms with E-state index >= 15 is 0 Å². The Morgan fingerprint density at radius 3 is 2.00 bits per heavy atom. The van der Waals surface area contributed by atoms with E-state index in [9.17, 15) is 0 Å². The summed E-state index contributed by atoms with van der Waals surface area (Å²) in [5.74, 6) is 1.48. The van der Waals surface area contributed by atoms with Gasteiger partial charge in [-0.2, -0.15) is 0 Å². The van der Waals surface area contributed by atoms with E-state index in [1.807, 2.05) is 0 Å². The standard InChI is InChI=1S/C16H36N2/c1-9-11-17-15(14(5)12-13(3)4)16(6,10-2)18(7)8/h13-15,17H,9-12H2,1-8H3. The van der Waals surface area contributed by atoms with E-state index in [4.69, 9.17) is 0 Å². The Morgan fingerprint density at radius 1 is 1.11 bits per heavy atom. The van der Waals surface area contributed by atoms with Crippen LogP contribution in [-0.4, -0.2) is 37.1 Å². The minimum atomic E-state index is 0.240. The second kappa shape index (κ2) is 8.16. The Labute approximate surface area is 116 Å². The minimum Gasteiger partial charge on any atom is -0.312 e. The number of likely N-dealkylation sites (N-methyl/N-ethyl adjacent to an activating group) is 1. The summed E-state index contributed by atoms with van der Waals surface area (Å²) < 4.78 is 0. The van der Waals surface area contributed by atoms with Crippen LogP contribution in [0.25, 0.3) is 0 Å². The molecular formula is C16H36N2. The van der Waals surface area contributed by atoms with Gasteiger partial charge in [0.2, 0.25) is 0 Å². The Bertz CT molecular complexity index is 213. The van der Waals surface area contributed by atoms with Gasteiger partial charge in [0, 0.05) is 11.6 Å². The summed E-state index contributed by atoms with van der Waals surface area (Å²) in [5.41, 5.74) is 0.240. The summed E-state index contributed by atoms with van der Waals surface area (Å²) in [5, 5.41) is 3.81. The first-order chi connectivity index (χ1) is 8.29. The fourth-order valence-corrected chi connectivity index (χ4v) is 3.03. The summed E-state index contributed by atoms with van der Waals surface area (Å²) >= 11 is 0. The van der Waals surface area contributed by atoms with E-state index in [0.717, 1.165) is 12.5 Å². The zero-order chi connectivity index (χ0) is 14.3. The molecule has 0 spiro atoms. The molecule has 18 heavy (non-hydrogen) atoms. The van der Waals surface area contributed by atoms with Crippen LogP contribution in [0.15, 0.2) is 0 Å². The first kappa shape index (κ1) is 17.9. The van der Waals surface area contributed by atoms with Crippen molar-refractivity contribution in [3.63, 3.8) is 0 Å². The molecule has 110 valence electrons. The fraction of sp³-hybridized carbons (Fsp3) is 1.00. The normalized spacial score (nSPS) is 19.0. The molecule has 0 aliphatic carbocycles. The van der Waals surface area contributed by atoms with E-state index < -0.39 is 0 Å². The highest BCUT2D eigenvalue weighted by molar-refractivity contribution is 4.97. The van der Waals surface area contributed by atoms with Gasteiger partial charge in [0.25, 0.3) is 0 Å². The van der Waals surface area contributed by atoms with Crippen LogP contribution in [0, 0.1) is 11.8 Å². The van der Waals surface area contributed by atoms with E-state index in [-0.39, 0.29) is 5.54 Å². The highest BCUT2D eigenvalue weighted by atomic mass is 15.2. The molecule has 0 aromatic rings. The van der Waals surface area contributed by atoms with Crippen molar-refractivity contribution >= 4 is 0 Å². The quantitative estimate of drug-likeness (QED) is 0.675. The van der Waals surface area contributed by atoms with Crippen molar-refractivity contribution in [3.8, 4) is 0 Å². The lowest BCUT2D eigenvalue weighted by atomic mass is 9.77. The van der Waals surface area contributed by atoms with E-state index in [0.29, 0.717) is 12.0 Å². The molecule has 2 nitrogen and oxygen atoms in total. The van der Waals surface area contributed by atoms with Crippen molar-refractivity contribution in [2.24, 2.45) is 11.8 Å². The van der Waals surface area contributed by atoms with Gasteiger partial charge >= 0.3 is 0 Å². The Morgan fingerprint density at radius 2 is 1.67 bits per heavy atom. The van der Waals surface area contributed by atoms with Gasteiger partial charge in [-0.3, -0.25) is 0 Å². The number of hydrogen-bond acceptors (Lipinski definition) is 2. The van der Waals surface area contributed by atoms with Crippen LogP contribution in [0.3, 0.4) is 0 Å². The third-order valence-electron chi connectivity index (χ3n) is 4.43. The van der Waals surface area contributed by atoms with Gasteiger partial charge in [-0.1, -0.05) is 34.6 Å². The molecule has 0 amide bonds. The molecule has 1 N–H and O–H groups in total. The van der Waals surface area contributed by atoms with E-state index in [1.54, 1.807) is 0 Å². The predicted molar refractivity (Wildman–Crippen MR) is 83.1 cm³/mol. The molecule has 0 saturated carbocycles. The fourth-order valence-electron chi connectivity index (χ4n) is 3.03. The molecule has 0 saturated heterocycles. The Hall–Kier alpha value is -0.0800. The van der Waals surface area contributed by atoms with Crippen molar-refractivity contribution in [3.05, 3.63) is 0 Å². The Kier molecular flexibility index (Phi) is 8.13. The molecule has 0 heterocycles. The lowest BCUT2D eigenvalue weighted by Gasteiger charge is -2.46. The molecule has 0 aromatic carbocycles. The van der Waals surface area contributed by atoms with Crippen LogP contribution in [0.1, 0.15) is 60.8 Å². The molecule has 2 heteroatoms. The van der Waals surface area contributed by atoms with Gasteiger partial charge in [0.1, 0.15) is 0 Å². The monoisotopic (exact) mass is 256 g/mol. The smallest absolute Gasteiger partial charge is 0.0328 e. The van der Waals surface area contributed by atoms with Crippen LogP contribution in [-0.2, 0) is 0 Å². The number of rotatable bonds is 9. The van der Waals surface area contributed by atoms with Gasteiger partial charge in [-0.25, -0.2) is 0 Å². The van der Waals surface area contributed by atoms with Gasteiger partial charge in [0.05, 0.1) is 0 Å². The Balaban J connectivity index is 4.94. The summed E-state index contributed by atoms with van der Waals surface area (Å²) in [6.07, 6.45) is 3.69. The summed E-state index contributed by atoms with van der Waals surface area (Å²) in [4.78, 5) is 2.40. The zero-order valence-electron chi connectivity index (χ0n) is 14.0. The summed E-state index contributed by atoms with van der Waals surface area (Å²) in [6, 6.07) is 0.569. The number of nitrogens with one attached hydrogen (secondary N) is 1. The van der Waals surface area contributed by atoms with Crippen LogP contribution in [0.4, 0.5) is 0 Å². The van der Waals surface area contributed by atoms with Crippen molar-refractivity contribution in [2.45, 2.75) is 72.4 Å². The van der Waals surface area contributed by atoms with Crippen LogP contribution < -0.4 is 5.32 Å². The molecule has 0 aliphatic rings.